The SMILES string of the molecule is [C-]#[N+]c1ccc(-c2cnn(-c3ccc(CNC(=O)c4ccc5[nH]ccc5c4)c(F)c3)c2)cc1C(F)(F)F. The number of benzene rings is 3. The molecule has 5 rings (SSSR count). The number of aromatic amines is 1. The molecule has 37 heavy (non-hydrogen) atoms. The van der Waals surface area contributed by atoms with Crippen molar-refractivity contribution >= 4 is 22.5 Å². The number of halogens is 4. The second-order valence-corrected chi connectivity index (χ2v) is 8.25. The molecule has 2 aromatic heterocycles. The fourth-order valence-electron chi connectivity index (χ4n) is 3.95. The molecule has 0 radical (unpaired) electrons. The van der Waals surface area contributed by atoms with Crippen molar-refractivity contribution in [1.29, 1.82) is 0 Å². The monoisotopic (exact) mass is 503 g/mol. The van der Waals surface area contributed by atoms with Gasteiger partial charge in [-0.2, -0.15) is 18.3 Å². The third kappa shape index (κ3) is 4.79. The molecule has 0 aliphatic rings. The number of carbonyl (C=O) groups is 1. The molecule has 2 heterocycles. The van der Waals surface area contributed by atoms with E-state index in [1.807, 2.05) is 6.07 Å². The number of H-pyrrole nitrogens is 1. The Morgan fingerprint density at radius 2 is 1.89 bits per heavy atom. The van der Waals surface area contributed by atoms with Gasteiger partial charge in [-0.3, -0.25) is 4.79 Å². The van der Waals surface area contributed by atoms with Crippen LogP contribution in [0.25, 0.3) is 32.6 Å². The van der Waals surface area contributed by atoms with Gasteiger partial charge in [0.15, 0.2) is 5.69 Å². The third-order valence-corrected chi connectivity index (χ3v) is 5.89. The molecule has 0 atom stereocenters. The van der Waals surface area contributed by atoms with Crippen LogP contribution >= 0.6 is 0 Å². The van der Waals surface area contributed by atoms with Gasteiger partial charge in [-0.1, -0.05) is 24.3 Å². The molecule has 10 heteroatoms. The van der Waals surface area contributed by atoms with Crippen molar-refractivity contribution in [3.63, 3.8) is 0 Å². The van der Waals surface area contributed by atoms with Crippen LogP contribution in [-0.2, 0) is 12.7 Å². The molecule has 0 bridgehead atoms. The predicted molar refractivity (Wildman–Crippen MR) is 130 cm³/mol. The first-order chi connectivity index (χ1) is 17.7. The van der Waals surface area contributed by atoms with Crippen LogP contribution in [0.3, 0.4) is 0 Å². The lowest BCUT2D eigenvalue weighted by Gasteiger charge is -2.10. The Morgan fingerprint density at radius 1 is 1.05 bits per heavy atom. The minimum absolute atomic E-state index is 0.0336. The van der Waals surface area contributed by atoms with Crippen LogP contribution < -0.4 is 5.32 Å². The smallest absolute Gasteiger partial charge is 0.361 e. The molecule has 0 fully saturated rings. The van der Waals surface area contributed by atoms with Crippen LogP contribution in [0.5, 0.6) is 0 Å². The summed E-state index contributed by atoms with van der Waals surface area (Å²) >= 11 is 0. The van der Waals surface area contributed by atoms with E-state index in [2.05, 4.69) is 20.2 Å². The summed E-state index contributed by atoms with van der Waals surface area (Å²) in [5.74, 6) is -0.914. The van der Waals surface area contributed by atoms with Crippen molar-refractivity contribution in [2.24, 2.45) is 0 Å². The molecule has 0 saturated carbocycles. The van der Waals surface area contributed by atoms with Crippen molar-refractivity contribution in [2.75, 3.05) is 0 Å². The van der Waals surface area contributed by atoms with Gasteiger partial charge >= 0.3 is 6.18 Å². The van der Waals surface area contributed by atoms with Gasteiger partial charge in [0.1, 0.15) is 5.82 Å². The number of nitrogens with one attached hydrogen (secondary N) is 2. The summed E-state index contributed by atoms with van der Waals surface area (Å²) < 4.78 is 56.1. The zero-order valence-electron chi connectivity index (χ0n) is 19.0. The minimum atomic E-state index is -4.67. The van der Waals surface area contributed by atoms with Crippen molar-refractivity contribution < 1.29 is 22.4 Å². The zero-order valence-corrected chi connectivity index (χ0v) is 19.0. The average Bonchev–Trinajstić information content (AvgIpc) is 3.56. The van der Waals surface area contributed by atoms with Gasteiger partial charge in [-0.15, -0.1) is 0 Å². The Labute approximate surface area is 208 Å². The lowest BCUT2D eigenvalue weighted by Crippen LogP contribution is -2.23. The number of carbonyl (C=O) groups excluding carboxylic acids is 1. The molecular weight excluding hydrogens is 486 g/mol. The van der Waals surface area contributed by atoms with Crippen LogP contribution in [0.4, 0.5) is 23.2 Å². The second kappa shape index (κ2) is 9.28. The van der Waals surface area contributed by atoms with Crippen LogP contribution in [-0.4, -0.2) is 20.7 Å². The predicted octanol–water partition coefficient (Wildman–Crippen LogP) is 6.66. The largest absolute Gasteiger partial charge is 0.407 e. The van der Waals surface area contributed by atoms with Crippen LogP contribution in [0.1, 0.15) is 21.5 Å². The molecule has 0 saturated heterocycles. The van der Waals surface area contributed by atoms with E-state index in [0.29, 0.717) is 16.8 Å². The lowest BCUT2D eigenvalue weighted by molar-refractivity contribution is -0.136. The standard InChI is InChI=1S/C27H17F4N5O/c1-32-25-7-3-16(11-22(25)27(29,30)31)20-14-35-36(15-20)21-5-2-19(23(28)12-21)13-34-26(37)18-4-6-24-17(10-18)8-9-33-24/h2-12,14-15,33H,13H2,(H,34,37). The third-order valence-electron chi connectivity index (χ3n) is 5.89. The quantitative estimate of drug-likeness (QED) is 0.208. The number of nitrogens with zero attached hydrogens (tertiary/aromatic N) is 3. The van der Waals surface area contributed by atoms with Gasteiger partial charge in [-0.25, -0.2) is 13.9 Å². The second-order valence-electron chi connectivity index (χ2n) is 8.25. The fraction of sp³-hybridized carbons (Fsp3) is 0.0741. The molecule has 2 N–H and O–H groups in total. The molecule has 5 aromatic rings. The Kier molecular flexibility index (Phi) is 5.97. The molecular formula is C27H17F4N5O. The van der Waals surface area contributed by atoms with Gasteiger partial charge in [0.2, 0.25) is 0 Å². The molecule has 3 aromatic carbocycles. The van der Waals surface area contributed by atoms with Crippen molar-refractivity contribution in [3.05, 3.63) is 113 Å². The highest BCUT2D eigenvalue weighted by Crippen LogP contribution is 2.39. The Balaban J connectivity index is 1.32. The van der Waals surface area contributed by atoms with E-state index in [1.165, 1.54) is 35.3 Å². The van der Waals surface area contributed by atoms with Gasteiger partial charge in [-0.05, 0) is 42.0 Å². The molecule has 0 unspecified atom stereocenters. The van der Waals surface area contributed by atoms with E-state index < -0.39 is 23.2 Å². The summed E-state index contributed by atoms with van der Waals surface area (Å²) in [6, 6.07) is 14.8. The minimum Gasteiger partial charge on any atom is -0.361 e. The van der Waals surface area contributed by atoms with Gasteiger partial charge in [0, 0.05) is 46.5 Å². The zero-order chi connectivity index (χ0) is 26.2. The summed E-state index contributed by atoms with van der Waals surface area (Å²) in [4.78, 5) is 18.5. The topological polar surface area (TPSA) is 67.1 Å². The number of amides is 1. The summed E-state index contributed by atoms with van der Waals surface area (Å²) in [7, 11) is 0. The number of fused-ring (bicyclic) bond motifs is 1. The van der Waals surface area contributed by atoms with E-state index in [4.69, 9.17) is 6.57 Å². The first-order valence-corrected chi connectivity index (χ1v) is 11.0. The first kappa shape index (κ1) is 23.8. The van der Waals surface area contributed by atoms with Crippen LogP contribution in [0, 0.1) is 12.4 Å². The average molecular weight is 503 g/mol. The Bertz CT molecular complexity index is 1680. The first-order valence-electron chi connectivity index (χ1n) is 11.0. The van der Waals surface area contributed by atoms with E-state index in [0.717, 1.165) is 23.0 Å². The number of hydrogen-bond donors (Lipinski definition) is 2. The normalized spacial score (nSPS) is 11.4. The molecule has 184 valence electrons. The maximum atomic E-state index is 14.8. The summed E-state index contributed by atoms with van der Waals surface area (Å²) in [5.41, 5.74) is 1.05. The maximum absolute atomic E-state index is 14.8. The van der Waals surface area contributed by atoms with Gasteiger partial charge in [0.05, 0.1) is 24.0 Å². The highest BCUT2D eigenvalue weighted by atomic mass is 19.4. The van der Waals surface area contributed by atoms with E-state index >= 15 is 0 Å². The highest BCUT2D eigenvalue weighted by Gasteiger charge is 2.33. The molecule has 0 spiro atoms. The number of alkyl halides is 3. The maximum Gasteiger partial charge on any atom is 0.407 e. The summed E-state index contributed by atoms with van der Waals surface area (Å²) in [6.07, 6.45) is -0.0627. The molecule has 1 amide bonds. The Hall–Kier alpha value is -4.91. The van der Waals surface area contributed by atoms with Crippen molar-refractivity contribution in [3.8, 4) is 16.8 Å². The molecule has 0 aliphatic heterocycles. The van der Waals surface area contributed by atoms with E-state index in [9.17, 15) is 22.4 Å². The number of aromatic nitrogens is 3. The summed E-state index contributed by atoms with van der Waals surface area (Å²) in [6.45, 7) is 6.93. The van der Waals surface area contributed by atoms with E-state index in [1.54, 1.807) is 30.5 Å². The molecule has 0 aliphatic carbocycles. The lowest BCUT2D eigenvalue weighted by atomic mass is 10.0. The van der Waals surface area contributed by atoms with Gasteiger partial charge < -0.3 is 10.3 Å². The van der Waals surface area contributed by atoms with Crippen molar-refractivity contribution in [1.82, 2.24) is 20.1 Å². The van der Waals surface area contributed by atoms with Crippen molar-refractivity contribution in [2.45, 2.75) is 12.7 Å². The fourth-order valence-corrected chi connectivity index (χ4v) is 3.95. The highest BCUT2D eigenvalue weighted by molar-refractivity contribution is 5.98. The van der Waals surface area contributed by atoms with Crippen LogP contribution in [0.15, 0.2) is 79.3 Å². The van der Waals surface area contributed by atoms with Crippen LogP contribution in [0.2, 0.25) is 0 Å². The number of rotatable bonds is 5. The Morgan fingerprint density at radius 3 is 2.65 bits per heavy atom. The van der Waals surface area contributed by atoms with E-state index in [-0.39, 0.29) is 23.6 Å². The van der Waals surface area contributed by atoms with Gasteiger partial charge in [0.25, 0.3) is 5.91 Å². The summed E-state index contributed by atoms with van der Waals surface area (Å²) in [5, 5.41) is 7.73. The molecule has 6 nitrogen and oxygen atoms in total. The number of hydrogen-bond acceptors (Lipinski definition) is 2.